The topological polar surface area (TPSA) is 64.6 Å². The van der Waals surface area contributed by atoms with Crippen molar-refractivity contribution >= 4 is 0 Å². The standard InChI is InChI=1S/C21H32O7/c1-14(2)25-21(5)19(23-12-15-10-8-7-9-11-15)18-17(27-20(3,4)28-18)16(26-21)13-24-22-6/h7-11,14,16-19H,12-13H2,1-6H3/t16-,17+,18+,19-,21-/m1/s1. The summed E-state index contributed by atoms with van der Waals surface area (Å²) in [6.45, 7) is 10.2. The second-order valence-corrected chi connectivity index (χ2v) is 8.07. The highest BCUT2D eigenvalue weighted by molar-refractivity contribution is 5.14. The second kappa shape index (κ2) is 8.75. The monoisotopic (exact) mass is 396 g/mol. The molecule has 0 N–H and O–H groups in total. The molecule has 0 amide bonds. The van der Waals surface area contributed by atoms with E-state index in [2.05, 4.69) is 0 Å². The Morgan fingerprint density at radius 3 is 2.32 bits per heavy atom. The van der Waals surface area contributed by atoms with Crippen molar-refractivity contribution in [2.75, 3.05) is 13.7 Å². The number of hydrogen-bond donors (Lipinski definition) is 0. The molecule has 0 saturated carbocycles. The van der Waals surface area contributed by atoms with Crippen molar-refractivity contribution in [3.63, 3.8) is 0 Å². The number of rotatable bonds is 8. The lowest BCUT2D eigenvalue weighted by Gasteiger charge is -2.48. The molecule has 2 fully saturated rings. The third-order valence-corrected chi connectivity index (χ3v) is 4.82. The minimum Gasteiger partial charge on any atom is -0.365 e. The van der Waals surface area contributed by atoms with Gasteiger partial charge in [-0.1, -0.05) is 30.3 Å². The van der Waals surface area contributed by atoms with Crippen molar-refractivity contribution in [1.82, 2.24) is 0 Å². The van der Waals surface area contributed by atoms with Crippen molar-refractivity contribution in [2.45, 2.75) is 83.3 Å². The van der Waals surface area contributed by atoms with Crippen LogP contribution in [0.25, 0.3) is 0 Å². The highest BCUT2D eigenvalue weighted by Gasteiger charge is 2.61. The fourth-order valence-electron chi connectivity index (χ4n) is 3.91. The van der Waals surface area contributed by atoms with Crippen LogP contribution in [0.3, 0.4) is 0 Å². The third kappa shape index (κ3) is 4.91. The van der Waals surface area contributed by atoms with E-state index in [1.807, 2.05) is 65.0 Å². The van der Waals surface area contributed by atoms with Crippen molar-refractivity contribution in [3.05, 3.63) is 35.9 Å². The van der Waals surface area contributed by atoms with E-state index in [1.54, 1.807) is 0 Å². The van der Waals surface area contributed by atoms with Crippen LogP contribution in [-0.2, 0) is 40.1 Å². The van der Waals surface area contributed by atoms with Gasteiger partial charge in [-0.3, -0.25) is 0 Å². The molecule has 1 aromatic rings. The lowest BCUT2D eigenvalue weighted by molar-refractivity contribution is -0.378. The Morgan fingerprint density at radius 1 is 1.00 bits per heavy atom. The molecule has 28 heavy (non-hydrogen) atoms. The molecule has 2 heterocycles. The quantitative estimate of drug-likeness (QED) is 0.494. The molecule has 0 unspecified atom stereocenters. The van der Waals surface area contributed by atoms with E-state index in [0.717, 1.165) is 5.56 Å². The second-order valence-electron chi connectivity index (χ2n) is 8.07. The lowest BCUT2D eigenvalue weighted by atomic mass is 9.93. The first-order chi connectivity index (χ1) is 13.2. The van der Waals surface area contributed by atoms with Crippen LogP contribution >= 0.6 is 0 Å². The van der Waals surface area contributed by atoms with Crippen LogP contribution in [0.5, 0.6) is 0 Å². The van der Waals surface area contributed by atoms with Gasteiger partial charge in [0.25, 0.3) is 0 Å². The van der Waals surface area contributed by atoms with Gasteiger partial charge in [0.15, 0.2) is 11.6 Å². The first-order valence-electron chi connectivity index (χ1n) is 9.76. The molecule has 158 valence electrons. The van der Waals surface area contributed by atoms with Crippen LogP contribution in [0, 0.1) is 0 Å². The highest BCUT2D eigenvalue weighted by atomic mass is 17.2. The van der Waals surface area contributed by atoms with Crippen LogP contribution in [0.15, 0.2) is 30.3 Å². The first kappa shape index (κ1) is 21.6. The molecule has 3 rings (SSSR count). The smallest absolute Gasteiger partial charge is 0.195 e. The summed E-state index contributed by atoms with van der Waals surface area (Å²) >= 11 is 0. The van der Waals surface area contributed by atoms with Crippen LogP contribution in [0.4, 0.5) is 0 Å². The van der Waals surface area contributed by atoms with Gasteiger partial charge in [-0.2, -0.15) is 0 Å². The summed E-state index contributed by atoms with van der Waals surface area (Å²) in [6, 6.07) is 9.99. The molecule has 1 aromatic carbocycles. The molecule has 7 nitrogen and oxygen atoms in total. The van der Waals surface area contributed by atoms with Crippen LogP contribution < -0.4 is 0 Å². The van der Waals surface area contributed by atoms with E-state index in [1.165, 1.54) is 7.11 Å². The molecular formula is C21H32O7. The van der Waals surface area contributed by atoms with Crippen molar-refractivity contribution in [2.24, 2.45) is 0 Å². The largest absolute Gasteiger partial charge is 0.365 e. The Labute approximate surface area is 167 Å². The Bertz CT molecular complexity index is 620. The Kier molecular flexibility index (Phi) is 6.76. The van der Waals surface area contributed by atoms with Gasteiger partial charge in [-0.05, 0) is 40.2 Å². The average Bonchev–Trinajstić information content (AvgIpc) is 2.94. The fourth-order valence-corrected chi connectivity index (χ4v) is 3.91. The molecule has 5 atom stereocenters. The summed E-state index contributed by atoms with van der Waals surface area (Å²) in [6.07, 6.45) is -1.71. The number of benzene rings is 1. The fraction of sp³-hybridized carbons (Fsp3) is 0.714. The van der Waals surface area contributed by atoms with Gasteiger partial charge in [0.2, 0.25) is 0 Å². The summed E-state index contributed by atoms with van der Waals surface area (Å²) in [5, 5.41) is 0. The maximum atomic E-state index is 6.34. The molecule has 0 aromatic heterocycles. The number of hydrogen-bond acceptors (Lipinski definition) is 7. The van der Waals surface area contributed by atoms with E-state index in [-0.39, 0.29) is 24.9 Å². The van der Waals surface area contributed by atoms with Gasteiger partial charge < -0.3 is 23.7 Å². The third-order valence-electron chi connectivity index (χ3n) is 4.82. The van der Waals surface area contributed by atoms with Crippen LogP contribution in [-0.4, -0.2) is 55.8 Å². The average molecular weight is 396 g/mol. The van der Waals surface area contributed by atoms with Crippen molar-refractivity contribution in [1.29, 1.82) is 0 Å². The van der Waals surface area contributed by atoms with Gasteiger partial charge in [0, 0.05) is 0 Å². The summed E-state index contributed by atoms with van der Waals surface area (Å²) in [5.74, 6) is -1.79. The molecule has 2 saturated heterocycles. The van der Waals surface area contributed by atoms with Gasteiger partial charge in [-0.15, -0.1) is 0 Å². The first-order valence-corrected chi connectivity index (χ1v) is 9.76. The molecule has 0 spiro atoms. The predicted octanol–water partition coefficient (Wildman–Crippen LogP) is 3.21. The van der Waals surface area contributed by atoms with E-state index in [0.29, 0.717) is 6.61 Å². The van der Waals surface area contributed by atoms with E-state index >= 15 is 0 Å². The zero-order valence-corrected chi connectivity index (χ0v) is 17.5. The maximum Gasteiger partial charge on any atom is 0.195 e. The molecular weight excluding hydrogens is 364 g/mol. The van der Waals surface area contributed by atoms with Crippen molar-refractivity contribution < 1.29 is 33.5 Å². The molecule has 0 radical (unpaired) electrons. The summed E-state index contributed by atoms with van der Waals surface area (Å²) in [4.78, 5) is 9.93. The minimum atomic E-state index is -1.03. The Hall–Kier alpha value is -1.06. The zero-order valence-electron chi connectivity index (χ0n) is 17.5. The molecule has 0 aliphatic carbocycles. The van der Waals surface area contributed by atoms with Gasteiger partial charge in [0.05, 0.1) is 19.8 Å². The highest BCUT2D eigenvalue weighted by Crippen LogP contribution is 2.43. The minimum absolute atomic E-state index is 0.0660. The Morgan fingerprint density at radius 2 is 1.68 bits per heavy atom. The summed E-state index contributed by atoms with van der Waals surface area (Å²) in [7, 11) is 1.46. The van der Waals surface area contributed by atoms with Crippen molar-refractivity contribution in [3.8, 4) is 0 Å². The Balaban J connectivity index is 1.86. The SMILES string of the molecule is COOC[C@H]1O[C@@](C)(OC(C)C)[C@H](OCc2ccccc2)[C@H]2OC(C)(C)O[C@H]21. The molecule has 7 heteroatoms. The van der Waals surface area contributed by atoms with E-state index in [9.17, 15) is 0 Å². The summed E-state index contributed by atoms with van der Waals surface area (Å²) < 4.78 is 31.2. The normalized spacial score (nSPS) is 34.5. The van der Waals surface area contributed by atoms with Gasteiger partial charge in [0.1, 0.15) is 31.0 Å². The lowest BCUT2D eigenvalue weighted by Crippen LogP contribution is -2.65. The van der Waals surface area contributed by atoms with Gasteiger partial charge >= 0.3 is 0 Å². The van der Waals surface area contributed by atoms with Gasteiger partial charge in [-0.25, -0.2) is 9.78 Å². The van der Waals surface area contributed by atoms with Crippen LogP contribution in [0.2, 0.25) is 0 Å². The number of fused-ring (bicyclic) bond motifs is 1. The van der Waals surface area contributed by atoms with Crippen LogP contribution in [0.1, 0.15) is 40.2 Å². The zero-order chi connectivity index (χ0) is 20.4. The maximum absolute atomic E-state index is 6.34. The summed E-state index contributed by atoms with van der Waals surface area (Å²) in [5.41, 5.74) is 1.06. The molecule has 2 aliphatic heterocycles. The molecule has 2 aliphatic rings. The number of ether oxygens (including phenoxy) is 5. The molecule has 0 bridgehead atoms. The van der Waals surface area contributed by atoms with E-state index in [4.69, 9.17) is 33.5 Å². The predicted molar refractivity (Wildman–Crippen MR) is 101 cm³/mol. The van der Waals surface area contributed by atoms with E-state index < -0.39 is 23.8 Å².